The fourth-order valence-corrected chi connectivity index (χ4v) is 4.28. The summed E-state index contributed by atoms with van der Waals surface area (Å²) < 4.78 is 30.0. The maximum Gasteiger partial charge on any atom is 0.203 e. The maximum atomic E-state index is 11.5. The maximum absolute atomic E-state index is 11.5. The van der Waals surface area contributed by atoms with Gasteiger partial charge in [0.15, 0.2) is 9.84 Å². The Balaban J connectivity index is 2.08. The summed E-state index contributed by atoms with van der Waals surface area (Å²) >= 11 is 0. The van der Waals surface area contributed by atoms with Crippen molar-refractivity contribution in [3.63, 3.8) is 0 Å². The lowest BCUT2D eigenvalue weighted by Crippen LogP contribution is -2.37. The van der Waals surface area contributed by atoms with E-state index in [0.29, 0.717) is 25.5 Å². The first-order valence-corrected chi connectivity index (χ1v) is 7.75. The van der Waals surface area contributed by atoms with Gasteiger partial charge in [-0.3, -0.25) is 0 Å². The SMILES string of the molecule is COCCn1ccnc1NC1(C)CCS(=O)(=O)C1. The van der Waals surface area contributed by atoms with E-state index in [9.17, 15) is 8.42 Å². The Kier molecular flexibility index (Phi) is 3.63. The number of methoxy groups -OCH3 is 1. The molecule has 1 aliphatic rings. The van der Waals surface area contributed by atoms with Gasteiger partial charge in [-0.25, -0.2) is 13.4 Å². The summed E-state index contributed by atoms with van der Waals surface area (Å²) in [5.41, 5.74) is -0.422. The number of anilines is 1. The molecule has 1 aliphatic heterocycles. The minimum Gasteiger partial charge on any atom is -0.383 e. The van der Waals surface area contributed by atoms with Gasteiger partial charge in [0.25, 0.3) is 0 Å². The fourth-order valence-electron chi connectivity index (χ4n) is 2.18. The van der Waals surface area contributed by atoms with Crippen molar-refractivity contribution < 1.29 is 13.2 Å². The number of ether oxygens (including phenoxy) is 1. The predicted octanol–water partition coefficient (Wildman–Crippen LogP) is 0.519. The third kappa shape index (κ3) is 3.02. The number of aromatic nitrogens is 2. The van der Waals surface area contributed by atoms with Gasteiger partial charge in [-0.2, -0.15) is 0 Å². The Morgan fingerprint density at radius 1 is 1.61 bits per heavy atom. The Labute approximate surface area is 107 Å². The standard InChI is InChI=1S/C11H19N3O3S/c1-11(3-8-18(15,16)9-11)13-10-12-4-5-14(10)6-7-17-2/h4-5H,3,6-9H2,1-2H3,(H,12,13). The van der Waals surface area contributed by atoms with E-state index >= 15 is 0 Å². The van der Waals surface area contributed by atoms with Crippen molar-refractivity contribution in [3.05, 3.63) is 12.4 Å². The molecule has 2 rings (SSSR count). The van der Waals surface area contributed by atoms with Crippen molar-refractivity contribution in [1.29, 1.82) is 0 Å². The quantitative estimate of drug-likeness (QED) is 0.846. The molecule has 1 unspecified atom stereocenters. The molecule has 1 fully saturated rings. The highest BCUT2D eigenvalue weighted by Gasteiger charge is 2.38. The Morgan fingerprint density at radius 3 is 3.00 bits per heavy atom. The highest BCUT2D eigenvalue weighted by molar-refractivity contribution is 7.91. The zero-order chi connectivity index (χ0) is 13.2. The molecule has 102 valence electrons. The highest BCUT2D eigenvalue weighted by Crippen LogP contribution is 2.26. The predicted molar refractivity (Wildman–Crippen MR) is 69.4 cm³/mol. The van der Waals surface area contributed by atoms with E-state index in [4.69, 9.17) is 4.74 Å². The van der Waals surface area contributed by atoms with Gasteiger partial charge in [0.05, 0.1) is 23.7 Å². The summed E-state index contributed by atoms with van der Waals surface area (Å²) in [7, 11) is -1.26. The molecule has 2 heterocycles. The van der Waals surface area contributed by atoms with Gasteiger partial charge in [0, 0.05) is 26.0 Å². The normalized spacial score (nSPS) is 26.3. The van der Waals surface area contributed by atoms with Crippen molar-refractivity contribution in [2.45, 2.75) is 25.4 Å². The van der Waals surface area contributed by atoms with Crippen molar-refractivity contribution in [1.82, 2.24) is 9.55 Å². The molecule has 1 atom stereocenters. The smallest absolute Gasteiger partial charge is 0.203 e. The van der Waals surface area contributed by atoms with Crippen LogP contribution < -0.4 is 5.32 Å². The molecule has 1 aromatic rings. The van der Waals surface area contributed by atoms with Crippen LogP contribution in [0.4, 0.5) is 5.95 Å². The summed E-state index contributed by atoms with van der Waals surface area (Å²) in [6.45, 7) is 3.22. The van der Waals surface area contributed by atoms with Gasteiger partial charge in [0.2, 0.25) is 5.95 Å². The summed E-state index contributed by atoms with van der Waals surface area (Å²) in [4.78, 5) is 4.23. The average molecular weight is 273 g/mol. The van der Waals surface area contributed by atoms with Gasteiger partial charge < -0.3 is 14.6 Å². The molecule has 0 aliphatic carbocycles. The van der Waals surface area contributed by atoms with Gasteiger partial charge >= 0.3 is 0 Å². The number of nitrogens with zero attached hydrogens (tertiary/aromatic N) is 2. The lowest BCUT2D eigenvalue weighted by atomic mass is 10.0. The summed E-state index contributed by atoms with van der Waals surface area (Å²) in [5.74, 6) is 1.11. The fraction of sp³-hybridized carbons (Fsp3) is 0.727. The first-order chi connectivity index (χ1) is 8.44. The second kappa shape index (κ2) is 4.89. The molecule has 0 radical (unpaired) electrons. The highest BCUT2D eigenvalue weighted by atomic mass is 32.2. The van der Waals surface area contributed by atoms with Crippen molar-refractivity contribution in [2.75, 3.05) is 30.5 Å². The van der Waals surface area contributed by atoms with Crippen molar-refractivity contribution in [3.8, 4) is 0 Å². The molecule has 1 saturated heterocycles. The molecule has 6 nitrogen and oxygen atoms in total. The number of imidazole rings is 1. The Morgan fingerprint density at radius 2 is 2.39 bits per heavy atom. The van der Waals surface area contributed by atoms with Crippen LogP contribution in [0.3, 0.4) is 0 Å². The van der Waals surface area contributed by atoms with Crippen LogP contribution in [0.2, 0.25) is 0 Å². The average Bonchev–Trinajstić information content (AvgIpc) is 2.81. The number of sulfone groups is 1. The van der Waals surface area contributed by atoms with Crippen LogP contribution in [0.5, 0.6) is 0 Å². The molecule has 0 amide bonds. The first-order valence-electron chi connectivity index (χ1n) is 5.93. The van der Waals surface area contributed by atoms with Crippen molar-refractivity contribution >= 4 is 15.8 Å². The molecule has 18 heavy (non-hydrogen) atoms. The molecule has 1 aromatic heterocycles. The molecule has 0 aromatic carbocycles. The molecular formula is C11H19N3O3S. The molecule has 0 saturated carbocycles. The Hall–Kier alpha value is -1.08. The van der Waals surface area contributed by atoms with Gasteiger partial charge in [0.1, 0.15) is 0 Å². The van der Waals surface area contributed by atoms with E-state index in [0.717, 1.165) is 0 Å². The molecular weight excluding hydrogens is 254 g/mol. The van der Waals surface area contributed by atoms with Crippen LogP contribution in [0.25, 0.3) is 0 Å². The number of hydrogen-bond donors (Lipinski definition) is 1. The van der Waals surface area contributed by atoms with Gasteiger partial charge in [-0.15, -0.1) is 0 Å². The van der Waals surface area contributed by atoms with Crippen LogP contribution in [0.1, 0.15) is 13.3 Å². The number of rotatable bonds is 5. The first kappa shape index (κ1) is 13.4. The topological polar surface area (TPSA) is 73.2 Å². The van der Waals surface area contributed by atoms with Crippen LogP contribution >= 0.6 is 0 Å². The van der Waals surface area contributed by atoms with E-state index in [1.54, 1.807) is 13.3 Å². The van der Waals surface area contributed by atoms with E-state index < -0.39 is 15.4 Å². The summed E-state index contributed by atoms with van der Waals surface area (Å²) in [5, 5.41) is 3.25. The molecule has 1 N–H and O–H groups in total. The van der Waals surface area contributed by atoms with E-state index in [2.05, 4.69) is 10.3 Å². The van der Waals surface area contributed by atoms with Crippen LogP contribution in [0.15, 0.2) is 12.4 Å². The second-order valence-electron chi connectivity index (χ2n) is 4.96. The lowest BCUT2D eigenvalue weighted by Gasteiger charge is -2.25. The van der Waals surface area contributed by atoms with Crippen LogP contribution in [0, 0.1) is 0 Å². The number of hydrogen-bond acceptors (Lipinski definition) is 5. The lowest BCUT2D eigenvalue weighted by molar-refractivity contribution is 0.187. The summed E-state index contributed by atoms with van der Waals surface area (Å²) in [6, 6.07) is 0. The molecule has 0 spiro atoms. The Bertz CT molecular complexity index is 511. The second-order valence-corrected chi connectivity index (χ2v) is 7.15. The van der Waals surface area contributed by atoms with E-state index in [1.165, 1.54) is 0 Å². The van der Waals surface area contributed by atoms with E-state index in [1.807, 2.05) is 17.7 Å². The minimum absolute atomic E-state index is 0.164. The van der Waals surface area contributed by atoms with Gasteiger partial charge in [-0.05, 0) is 13.3 Å². The zero-order valence-corrected chi connectivity index (χ0v) is 11.5. The minimum atomic E-state index is -2.91. The van der Waals surface area contributed by atoms with Crippen molar-refractivity contribution in [2.24, 2.45) is 0 Å². The van der Waals surface area contributed by atoms with E-state index in [-0.39, 0.29) is 11.5 Å². The van der Waals surface area contributed by atoms with Crippen LogP contribution in [-0.2, 0) is 21.1 Å². The van der Waals surface area contributed by atoms with Gasteiger partial charge in [-0.1, -0.05) is 0 Å². The largest absolute Gasteiger partial charge is 0.383 e. The molecule has 0 bridgehead atoms. The number of nitrogens with one attached hydrogen (secondary N) is 1. The zero-order valence-electron chi connectivity index (χ0n) is 10.7. The summed E-state index contributed by atoms with van der Waals surface area (Å²) in [6.07, 6.45) is 4.17. The monoisotopic (exact) mass is 273 g/mol. The van der Waals surface area contributed by atoms with Crippen LogP contribution in [-0.4, -0.2) is 48.7 Å². The molecule has 7 heteroatoms. The third-order valence-electron chi connectivity index (χ3n) is 3.17. The third-order valence-corrected chi connectivity index (χ3v) is 5.07.